The average Bonchev–Trinajstić information content (AvgIpc) is 3.00. The third-order valence-corrected chi connectivity index (χ3v) is 8.73. The Morgan fingerprint density at radius 2 is 1.77 bits per heavy atom. The molecular formula is C33H35FN4O4S. The number of carbonyl (C=O) groups is 1. The van der Waals surface area contributed by atoms with Crippen molar-refractivity contribution in [1.29, 1.82) is 0 Å². The first-order valence-electron chi connectivity index (χ1n) is 14.4. The van der Waals surface area contributed by atoms with Gasteiger partial charge in [-0.15, -0.1) is 0 Å². The first kappa shape index (κ1) is 30.2. The predicted octanol–water partition coefficient (Wildman–Crippen LogP) is 6.46. The van der Waals surface area contributed by atoms with E-state index in [0.717, 1.165) is 25.7 Å². The Kier molecular flexibility index (Phi) is 9.05. The van der Waals surface area contributed by atoms with E-state index >= 15 is 0 Å². The van der Waals surface area contributed by atoms with Gasteiger partial charge in [0.2, 0.25) is 0 Å². The molecule has 0 spiro atoms. The van der Waals surface area contributed by atoms with Crippen LogP contribution in [0.4, 0.5) is 10.2 Å². The maximum Gasteiger partial charge on any atom is 0.281 e. The molecule has 10 heteroatoms. The van der Waals surface area contributed by atoms with E-state index in [1.807, 2.05) is 32.0 Å². The lowest BCUT2D eigenvalue weighted by Crippen LogP contribution is -2.32. The van der Waals surface area contributed by atoms with Crippen molar-refractivity contribution in [1.82, 2.24) is 14.7 Å². The minimum atomic E-state index is -4.30. The zero-order valence-electron chi connectivity index (χ0n) is 24.2. The number of nitrogens with zero attached hydrogens (tertiary/aromatic N) is 2. The number of benzene rings is 2. The highest BCUT2D eigenvalue weighted by molar-refractivity contribution is 7.90. The smallest absolute Gasteiger partial charge is 0.281 e. The number of anilines is 1. The highest BCUT2D eigenvalue weighted by Gasteiger charge is 2.30. The molecule has 8 nitrogen and oxygen atoms in total. The van der Waals surface area contributed by atoms with Gasteiger partial charge < -0.3 is 10.5 Å². The number of pyridine rings is 2. The van der Waals surface area contributed by atoms with E-state index in [1.165, 1.54) is 35.9 Å². The summed E-state index contributed by atoms with van der Waals surface area (Å²) in [7, 11) is -4.30. The number of hydrogen-bond donors (Lipinski definition) is 2. The second-order valence-electron chi connectivity index (χ2n) is 11.3. The van der Waals surface area contributed by atoms with E-state index in [4.69, 9.17) is 15.5 Å². The van der Waals surface area contributed by atoms with Gasteiger partial charge in [-0.2, -0.15) is 8.42 Å². The third kappa shape index (κ3) is 7.37. The molecule has 5 rings (SSSR count). The average molecular weight is 603 g/mol. The fourth-order valence-corrected chi connectivity index (χ4v) is 6.41. The van der Waals surface area contributed by atoms with E-state index in [1.54, 1.807) is 18.2 Å². The Labute approximate surface area is 251 Å². The first-order valence-corrected chi connectivity index (χ1v) is 15.9. The molecule has 3 N–H and O–H groups in total. The summed E-state index contributed by atoms with van der Waals surface area (Å²) < 4.78 is 48.7. The van der Waals surface area contributed by atoms with Crippen molar-refractivity contribution >= 4 is 21.7 Å². The van der Waals surface area contributed by atoms with Gasteiger partial charge in [0, 0.05) is 17.5 Å². The first-order chi connectivity index (χ1) is 20.6. The van der Waals surface area contributed by atoms with Crippen LogP contribution in [0, 0.1) is 11.7 Å². The van der Waals surface area contributed by atoms with Gasteiger partial charge in [0.05, 0.1) is 23.6 Å². The van der Waals surface area contributed by atoms with Crippen molar-refractivity contribution in [3.63, 3.8) is 0 Å². The Balaban J connectivity index is 1.53. The number of nitrogen functional groups attached to an aromatic ring is 1. The minimum Gasteiger partial charge on any atom is -0.493 e. The number of ether oxygens (including phenoxy) is 1. The van der Waals surface area contributed by atoms with E-state index in [0.29, 0.717) is 29.3 Å². The van der Waals surface area contributed by atoms with Crippen LogP contribution in [0.3, 0.4) is 0 Å². The Morgan fingerprint density at radius 1 is 1.00 bits per heavy atom. The van der Waals surface area contributed by atoms with Crippen LogP contribution >= 0.6 is 0 Å². The number of amides is 1. The zero-order valence-corrected chi connectivity index (χ0v) is 25.0. The molecule has 1 amide bonds. The van der Waals surface area contributed by atoms with Gasteiger partial charge >= 0.3 is 0 Å². The number of halogens is 1. The van der Waals surface area contributed by atoms with Crippen molar-refractivity contribution < 1.29 is 22.3 Å². The lowest BCUT2D eigenvalue weighted by atomic mass is 9.76. The van der Waals surface area contributed by atoms with Gasteiger partial charge in [-0.3, -0.25) is 9.78 Å². The SMILES string of the molecule is CC(C)COc1cc(F)cc(-c2ccc(C(=O)NS(=O)(=O)c3cccc(N)n3)c(C3CCC[C@H](c4ccccc4)C3)n2)c1. The summed E-state index contributed by atoms with van der Waals surface area (Å²) in [5, 5.41) is -0.359. The van der Waals surface area contributed by atoms with Gasteiger partial charge in [0.15, 0.2) is 5.03 Å². The molecule has 1 aliphatic carbocycles. The summed E-state index contributed by atoms with van der Waals surface area (Å²) in [4.78, 5) is 22.3. The molecule has 0 radical (unpaired) electrons. The molecule has 224 valence electrons. The zero-order chi connectivity index (χ0) is 30.6. The summed E-state index contributed by atoms with van der Waals surface area (Å²) in [5.41, 5.74) is 8.46. The van der Waals surface area contributed by atoms with Crippen molar-refractivity contribution in [2.45, 2.75) is 56.4 Å². The second kappa shape index (κ2) is 12.9. The molecule has 2 atom stereocenters. The Morgan fingerprint density at radius 3 is 2.51 bits per heavy atom. The lowest BCUT2D eigenvalue weighted by molar-refractivity contribution is 0.0979. The molecule has 43 heavy (non-hydrogen) atoms. The molecule has 2 aromatic heterocycles. The largest absolute Gasteiger partial charge is 0.493 e. The summed E-state index contributed by atoms with van der Waals surface area (Å²) >= 11 is 0. The Hall–Kier alpha value is -4.31. The topological polar surface area (TPSA) is 124 Å². The summed E-state index contributed by atoms with van der Waals surface area (Å²) in [6, 6.07) is 21.9. The van der Waals surface area contributed by atoms with Crippen molar-refractivity contribution in [3.05, 3.63) is 102 Å². The molecule has 2 aromatic carbocycles. The highest BCUT2D eigenvalue weighted by Crippen LogP contribution is 2.42. The number of sulfonamides is 1. The highest BCUT2D eigenvalue weighted by atomic mass is 32.2. The second-order valence-corrected chi connectivity index (χ2v) is 12.9. The third-order valence-electron chi connectivity index (χ3n) is 7.50. The number of nitrogens with two attached hydrogens (primary N) is 1. The van der Waals surface area contributed by atoms with Crippen LogP contribution in [0.15, 0.2) is 83.9 Å². The fraction of sp³-hybridized carbons (Fsp3) is 0.303. The molecular weight excluding hydrogens is 567 g/mol. The molecule has 1 fully saturated rings. The minimum absolute atomic E-state index is 0.0167. The molecule has 1 saturated carbocycles. The van der Waals surface area contributed by atoms with E-state index in [2.05, 4.69) is 21.8 Å². The molecule has 1 aliphatic rings. The number of carbonyl (C=O) groups excluding carboxylic acids is 1. The predicted molar refractivity (Wildman–Crippen MR) is 164 cm³/mol. The normalized spacial score (nSPS) is 17.0. The Bertz CT molecular complexity index is 1710. The summed E-state index contributed by atoms with van der Waals surface area (Å²) in [6.07, 6.45) is 3.42. The van der Waals surface area contributed by atoms with Crippen LogP contribution in [0.2, 0.25) is 0 Å². The van der Waals surface area contributed by atoms with Crippen LogP contribution in [0.1, 0.15) is 73.0 Å². The van der Waals surface area contributed by atoms with E-state index in [-0.39, 0.29) is 34.2 Å². The number of nitrogens with one attached hydrogen (secondary N) is 1. The number of hydrogen-bond acceptors (Lipinski definition) is 7. The quantitative estimate of drug-likeness (QED) is 0.225. The van der Waals surface area contributed by atoms with Crippen molar-refractivity contribution in [2.24, 2.45) is 5.92 Å². The number of aromatic nitrogens is 2. The maximum atomic E-state index is 14.7. The molecule has 2 heterocycles. The fourth-order valence-electron chi connectivity index (χ4n) is 5.47. The van der Waals surface area contributed by atoms with Gasteiger partial charge in [0.25, 0.3) is 15.9 Å². The molecule has 1 unspecified atom stereocenters. The van der Waals surface area contributed by atoms with Crippen molar-refractivity contribution in [3.8, 4) is 17.0 Å². The monoisotopic (exact) mass is 602 g/mol. The van der Waals surface area contributed by atoms with Crippen LogP contribution in [-0.2, 0) is 10.0 Å². The van der Waals surface area contributed by atoms with Gasteiger partial charge in [-0.25, -0.2) is 14.1 Å². The standard InChI is InChI=1S/C33H35FN4O4S/c1-21(2)20-42-27-18-25(17-26(34)19-27)29-15-14-28(33(39)38-43(40,41)31-13-7-12-30(35)37-31)32(36-29)24-11-6-10-23(16-24)22-8-4-3-5-9-22/h3-5,7-9,12-15,17-19,21,23-24H,6,10-11,16,20H2,1-2H3,(H2,35,37)(H,38,39)/t23-,24?/m0/s1. The lowest BCUT2D eigenvalue weighted by Gasteiger charge is -2.30. The molecule has 0 bridgehead atoms. The van der Waals surface area contributed by atoms with Crippen LogP contribution in [-0.4, -0.2) is 30.9 Å². The molecule has 0 aliphatic heterocycles. The van der Waals surface area contributed by atoms with Crippen LogP contribution in [0.25, 0.3) is 11.3 Å². The van der Waals surface area contributed by atoms with E-state index < -0.39 is 21.7 Å². The van der Waals surface area contributed by atoms with Crippen molar-refractivity contribution in [2.75, 3.05) is 12.3 Å². The van der Waals surface area contributed by atoms with Gasteiger partial charge in [-0.05, 0) is 73.1 Å². The maximum absolute atomic E-state index is 14.7. The van der Waals surface area contributed by atoms with Gasteiger partial charge in [-0.1, -0.05) is 56.7 Å². The molecule has 4 aromatic rings. The number of rotatable bonds is 9. The van der Waals surface area contributed by atoms with Gasteiger partial charge in [0.1, 0.15) is 17.4 Å². The van der Waals surface area contributed by atoms with E-state index in [9.17, 15) is 17.6 Å². The van der Waals surface area contributed by atoms with Crippen LogP contribution in [0.5, 0.6) is 5.75 Å². The molecule has 0 saturated heterocycles. The summed E-state index contributed by atoms with van der Waals surface area (Å²) in [5.74, 6) is -0.495. The van der Waals surface area contributed by atoms with Crippen LogP contribution < -0.4 is 15.2 Å². The summed E-state index contributed by atoms with van der Waals surface area (Å²) in [6.45, 7) is 4.45.